The molecule has 0 aromatic heterocycles. The standard InChI is InChI=1S/C12H15ClFNO4S2/c1-20(16,17)9-3-4-10(14)11(7-9)21(18,19)15-12(8-13)5-2-6-12/h3-4,7,15H,2,5-6,8H2,1H3. The smallest absolute Gasteiger partial charge is 0.224 e. The molecule has 0 atom stereocenters. The van der Waals surface area contributed by atoms with Crippen LogP contribution in [0.2, 0.25) is 0 Å². The van der Waals surface area contributed by atoms with Crippen molar-refractivity contribution in [2.45, 2.75) is 34.6 Å². The van der Waals surface area contributed by atoms with Gasteiger partial charge in [-0.1, -0.05) is 0 Å². The highest BCUT2D eigenvalue weighted by Crippen LogP contribution is 2.34. The molecule has 0 amide bonds. The number of halogens is 2. The van der Waals surface area contributed by atoms with Crippen LogP contribution in [0.25, 0.3) is 0 Å². The van der Waals surface area contributed by atoms with Crippen molar-refractivity contribution >= 4 is 31.5 Å². The minimum absolute atomic E-state index is 0.0830. The molecule has 0 radical (unpaired) electrons. The Bertz CT molecular complexity index is 752. The molecule has 1 aliphatic carbocycles. The van der Waals surface area contributed by atoms with Gasteiger partial charge in [0.1, 0.15) is 10.7 Å². The number of rotatable bonds is 5. The van der Waals surface area contributed by atoms with Crippen LogP contribution in [-0.2, 0) is 19.9 Å². The summed E-state index contributed by atoms with van der Waals surface area (Å²) in [5, 5.41) is 0. The Morgan fingerprint density at radius 1 is 1.29 bits per heavy atom. The summed E-state index contributed by atoms with van der Waals surface area (Å²) >= 11 is 5.78. The maximum absolute atomic E-state index is 13.8. The minimum Gasteiger partial charge on any atom is -0.224 e. The molecule has 1 N–H and O–H groups in total. The maximum Gasteiger partial charge on any atom is 0.244 e. The summed E-state index contributed by atoms with van der Waals surface area (Å²) in [6.45, 7) is 0. The monoisotopic (exact) mass is 355 g/mol. The Kier molecular flexibility index (Phi) is 4.36. The van der Waals surface area contributed by atoms with Crippen molar-refractivity contribution in [3.63, 3.8) is 0 Å². The van der Waals surface area contributed by atoms with Gasteiger partial charge in [0, 0.05) is 17.7 Å². The minimum atomic E-state index is -4.18. The lowest BCUT2D eigenvalue weighted by atomic mass is 9.79. The van der Waals surface area contributed by atoms with Gasteiger partial charge in [-0.05, 0) is 37.5 Å². The second kappa shape index (κ2) is 5.49. The third-order valence-corrected chi connectivity index (χ3v) is 6.75. The number of hydrogen-bond acceptors (Lipinski definition) is 4. The third-order valence-electron chi connectivity index (χ3n) is 3.54. The Morgan fingerprint density at radius 2 is 1.90 bits per heavy atom. The molecule has 0 spiro atoms. The molecular formula is C12H15ClFNO4S2. The normalized spacial score (nSPS) is 18.2. The maximum atomic E-state index is 13.8. The molecule has 0 heterocycles. The third kappa shape index (κ3) is 3.39. The first-order chi connectivity index (χ1) is 9.60. The number of nitrogens with one attached hydrogen (secondary N) is 1. The second-order valence-corrected chi connectivity index (χ2v) is 9.17. The number of benzene rings is 1. The average molecular weight is 356 g/mol. The zero-order valence-electron chi connectivity index (χ0n) is 11.3. The summed E-state index contributed by atoms with van der Waals surface area (Å²) in [5.41, 5.74) is -0.770. The quantitative estimate of drug-likeness (QED) is 0.643. The Hall–Kier alpha value is -0.700. The van der Waals surface area contributed by atoms with Gasteiger partial charge in [-0.25, -0.2) is 25.9 Å². The fraction of sp³-hybridized carbons (Fsp3) is 0.500. The van der Waals surface area contributed by atoms with Crippen LogP contribution in [0.1, 0.15) is 19.3 Å². The summed E-state index contributed by atoms with van der Waals surface area (Å²) in [6, 6.07) is 2.69. The summed E-state index contributed by atoms with van der Waals surface area (Å²) in [5.74, 6) is -0.918. The van der Waals surface area contributed by atoms with Crippen molar-refractivity contribution in [2.24, 2.45) is 0 Å². The van der Waals surface area contributed by atoms with Crippen molar-refractivity contribution < 1.29 is 21.2 Å². The fourth-order valence-corrected chi connectivity index (χ4v) is 4.83. The van der Waals surface area contributed by atoms with E-state index in [0.717, 1.165) is 30.9 Å². The van der Waals surface area contributed by atoms with Crippen LogP contribution in [-0.4, -0.2) is 34.5 Å². The molecule has 9 heteroatoms. The van der Waals surface area contributed by atoms with Crippen LogP contribution in [0.3, 0.4) is 0 Å². The van der Waals surface area contributed by atoms with Crippen LogP contribution in [0.15, 0.2) is 28.0 Å². The van der Waals surface area contributed by atoms with Crippen molar-refractivity contribution in [1.29, 1.82) is 0 Å². The molecule has 1 aliphatic rings. The van der Waals surface area contributed by atoms with E-state index in [9.17, 15) is 21.2 Å². The van der Waals surface area contributed by atoms with Gasteiger partial charge < -0.3 is 0 Å². The van der Waals surface area contributed by atoms with E-state index in [0.29, 0.717) is 12.8 Å². The largest absolute Gasteiger partial charge is 0.244 e. The molecule has 0 unspecified atom stereocenters. The lowest BCUT2D eigenvalue weighted by Gasteiger charge is -2.40. The number of hydrogen-bond donors (Lipinski definition) is 1. The van der Waals surface area contributed by atoms with Crippen molar-refractivity contribution in [1.82, 2.24) is 4.72 Å². The Morgan fingerprint density at radius 3 is 2.33 bits per heavy atom. The van der Waals surface area contributed by atoms with Crippen LogP contribution >= 0.6 is 11.6 Å². The first-order valence-electron chi connectivity index (χ1n) is 6.19. The molecule has 0 saturated heterocycles. The fourth-order valence-electron chi connectivity index (χ4n) is 2.13. The summed E-state index contributed by atoms with van der Waals surface area (Å²) < 4.78 is 63.7. The lowest BCUT2D eigenvalue weighted by molar-refractivity contribution is 0.252. The Balaban J connectivity index is 2.45. The van der Waals surface area contributed by atoms with E-state index in [1.54, 1.807) is 0 Å². The molecule has 1 saturated carbocycles. The van der Waals surface area contributed by atoms with Crippen LogP contribution in [0.5, 0.6) is 0 Å². The summed E-state index contributed by atoms with van der Waals surface area (Å²) in [4.78, 5) is -0.931. The first-order valence-corrected chi connectivity index (χ1v) is 10.1. The van der Waals surface area contributed by atoms with E-state index in [-0.39, 0.29) is 10.8 Å². The lowest BCUT2D eigenvalue weighted by Crippen LogP contribution is -2.54. The van der Waals surface area contributed by atoms with Gasteiger partial charge in [-0.3, -0.25) is 0 Å². The van der Waals surface area contributed by atoms with Gasteiger partial charge in [-0.15, -0.1) is 11.6 Å². The van der Waals surface area contributed by atoms with E-state index < -0.39 is 36.1 Å². The van der Waals surface area contributed by atoms with Gasteiger partial charge in [0.15, 0.2) is 9.84 Å². The average Bonchev–Trinajstić information content (AvgIpc) is 2.32. The second-order valence-electron chi connectivity index (χ2n) is 5.24. The SMILES string of the molecule is CS(=O)(=O)c1ccc(F)c(S(=O)(=O)NC2(CCl)CCC2)c1. The summed E-state index contributed by atoms with van der Waals surface area (Å²) in [6.07, 6.45) is 2.91. The number of alkyl halides is 1. The summed E-state index contributed by atoms with van der Waals surface area (Å²) in [7, 11) is -7.81. The zero-order valence-corrected chi connectivity index (χ0v) is 13.7. The molecule has 5 nitrogen and oxygen atoms in total. The molecule has 1 aromatic carbocycles. The van der Waals surface area contributed by atoms with Gasteiger partial charge in [-0.2, -0.15) is 0 Å². The van der Waals surface area contributed by atoms with Crippen molar-refractivity contribution in [3.8, 4) is 0 Å². The highest BCUT2D eigenvalue weighted by atomic mass is 35.5. The van der Waals surface area contributed by atoms with Crippen molar-refractivity contribution in [2.75, 3.05) is 12.1 Å². The van der Waals surface area contributed by atoms with E-state index in [2.05, 4.69) is 4.72 Å². The molecule has 21 heavy (non-hydrogen) atoms. The van der Waals surface area contributed by atoms with Crippen LogP contribution < -0.4 is 4.72 Å². The number of sulfone groups is 1. The molecule has 1 aromatic rings. The molecule has 2 rings (SSSR count). The molecule has 0 aliphatic heterocycles. The van der Waals surface area contributed by atoms with E-state index in [1.807, 2.05) is 0 Å². The first kappa shape index (κ1) is 16.7. The zero-order chi connectivity index (χ0) is 15.9. The molecule has 0 bridgehead atoms. The predicted octanol–water partition coefficient (Wildman–Crippen LogP) is 1.67. The molecular weight excluding hydrogens is 341 g/mol. The van der Waals surface area contributed by atoms with Gasteiger partial charge in [0.25, 0.3) is 0 Å². The molecule has 118 valence electrons. The van der Waals surface area contributed by atoms with Crippen LogP contribution in [0.4, 0.5) is 4.39 Å². The van der Waals surface area contributed by atoms with Gasteiger partial charge in [0.2, 0.25) is 10.0 Å². The van der Waals surface area contributed by atoms with E-state index >= 15 is 0 Å². The topological polar surface area (TPSA) is 80.3 Å². The highest BCUT2D eigenvalue weighted by Gasteiger charge is 2.40. The highest BCUT2D eigenvalue weighted by molar-refractivity contribution is 7.91. The van der Waals surface area contributed by atoms with E-state index in [1.165, 1.54) is 0 Å². The van der Waals surface area contributed by atoms with Crippen molar-refractivity contribution in [3.05, 3.63) is 24.0 Å². The van der Waals surface area contributed by atoms with Gasteiger partial charge >= 0.3 is 0 Å². The number of sulfonamides is 1. The van der Waals surface area contributed by atoms with Crippen LogP contribution in [0, 0.1) is 5.82 Å². The Labute approximate surface area is 128 Å². The van der Waals surface area contributed by atoms with E-state index in [4.69, 9.17) is 11.6 Å². The molecule has 1 fully saturated rings. The predicted molar refractivity (Wildman–Crippen MR) is 77.1 cm³/mol. The van der Waals surface area contributed by atoms with Gasteiger partial charge in [0.05, 0.1) is 4.90 Å².